The molecule has 0 radical (unpaired) electrons. The molecule has 1 fully saturated rings. The molecule has 0 unspecified atom stereocenters. The fraction of sp³-hybridized carbons (Fsp3) is 0.571. The van der Waals surface area contributed by atoms with Gasteiger partial charge in [-0.1, -0.05) is 0 Å². The van der Waals surface area contributed by atoms with Gasteiger partial charge in [0, 0.05) is 44.8 Å². The number of carbonyl (C=O) groups is 1. The summed E-state index contributed by atoms with van der Waals surface area (Å²) in [6.45, 7) is 4.63. The molecule has 0 atom stereocenters. The van der Waals surface area contributed by atoms with Crippen molar-refractivity contribution in [3.8, 4) is 0 Å². The van der Waals surface area contributed by atoms with Gasteiger partial charge in [-0.05, 0) is 19.1 Å². The Labute approximate surface area is 126 Å². The first kappa shape index (κ1) is 16.5. The molecule has 1 aromatic rings. The van der Waals surface area contributed by atoms with Crippen molar-refractivity contribution in [1.29, 1.82) is 0 Å². The SMILES string of the molecule is Cc1cc(C(F)(F)F)cc(N2CCN(CCC(N)=O)CC2)n1. The van der Waals surface area contributed by atoms with Crippen LogP contribution < -0.4 is 10.6 Å². The third-order valence-corrected chi connectivity index (χ3v) is 3.64. The van der Waals surface area contributed by atoms with Crippen molar-refractivity contribution in [2.45, 2.75) is 19.5 Å². The van der Waals surface area contributed by atoms with Gasteiger partial charge in [-0.3, -0.25) is 9.69 Å². The van der Waals surface area contributed by atoms with Crippen LogP contribution in [0.25, 0.3) is 0 Å². The van der Waals surface area contributed by atoms with Crippen LogP contribution in [0.2, 0.25) is 0 Å². The molecule has 1 aliphatic rings. The highest BCUT2D eigenvalue weighted by atomic mass is 19.4. The number of anilines is 1. The molecule has 8 heteroatoms. The Morgan fingerprint density at radius 3 is 2.45 bits per heavy atom. The first-order valence-electron chi connectivity index (χ1n) is 7.07. The summed E-state index contributed by atoms with van der Waals surface area (Å²) in [5.74, 6) is -0.000485. The van der Waals surface area contributed by atoms with Gasteiger partial charge in [-0.25, -0.2) is 4.98 Å². The number of aromatic nitrogens is 1. The molecular formula is C14H19F3N4O. The average molecular weight is 316 g/mol. The minimum absolute atomic E-state index is 0.293. The van der Waals surface area contributed by atoms with E-state index in [2.05, 4.69) is 9.88 Å². The molecule has 2 N–H and O–H groups in total. The van der Waals surface area contributed by atoms with E-state index in [9.17, 15) is 18.0 Å². The Balaban J connectivity index is 2.02. The number of hydrogen-bond acceptors (Lipinski definition) is 4. The van der Waals surface area contributed by atoms with E-state index in [1.54, 1.807) is 6.92 Å². The number of carbonyl (C=O) groups excluding carboxylic acids is 1. The van der Waals surface area contributed by atoms with Crippen molar-refractivity contribution in [1.82, 2.24) is 9.88 Å². The van der Waals surface area contributed by atoms with Gasteiger partial charge in [-0.2, -0.15) is 13.2 Å². The van der Waals surface area contributed by atoms with Gasteiger partial charge >= 0.3 is 6.18 Å². The number of amides is 1. The lowest BCUT2D eigenvalue weighted by Gasteiger charge is -2.35. The van der Waals surface area contributed by atoms with Crippen LogP contribution in [-0.2, 0) is 11.0 Å². The number of rotatable bonds is 4. The molecule has 0 bridgehead atoms. The zero-order valence-electron chi connectivity index (χ0n) is 12.4. The second-order valence-corrected chi connectivity index (χ2v) is 5.40. The van der Waals surface area contributed by atoms with Crippen LogP contribution in [-0.4, -0.2) is 48.5 Å². The van der Waals surface area contributed by atoms with Gasteiger partial charge in [0.15, 0.2) is 0 Å². The normalized spacial score (nSPS) is 16.8. The van der Waals surface area contributed by atoms with E-state index in [0.717, 1.165) is 12.1 Å². The van der Waals surface area contributed by atoms with Gasteiger partial charge in [-0.15, -0.1) is 0 Å². The predicted octanol–water partition coefficient (Wildman–Crippen LogP) is 1.41. The smallest absolute Gasteiger partial charge is 0.370 e. The van der Waals surface area contributed by atoms with Crippen LogP contribution in [0, 0.1) is 6.92 Å². The topological polar surface area (TPSA) is 62.5 Å². The highest BCUT2D eigenvalue weighted by Gasteiger charge is 2.32. The summed E-state index contributed by atoms with van der Waals surface area (Å²) >= 11 is 0. The van der Waals surface area contributed by atoms with Crippen LogP contribution in [0.3, 0.4) is 0 Å². The van der Waals surface area contributed by atoms with Gasteiger partial charge in [0.25, 0.3) is 0 Å². The third-order valence-electron chi connectivity index (χ3n) is 3.64. The molecule has 2 rings (SSSR count). The number of nitrogens with zero attached hydrogens (tertiary/aromatic N) is 3. The van der Waals surface area contributed by atoms with E-state index in [1.165, 1.54) is 0 Å². The number of halogens is 3. The molecule has 0 saturated carbocycles. The maximum absolute atomic E-state index is 12.9. The van der Waals surface area contributed by atoms with Crippen molar-refractivity contribution in [2.24, 2.45) is 5.73 Å². The molecule has 5 nitrogen and oxygen atoms in total. The highest BCUT2D eigenvalue weighted by molar-refractivity contribution is 5.73. The summed E-state index contributed by atoms with van der Waals surface area (Å²) in [4.78, 5) is 18.9. The Hall–Kier alpha value is -1.83. The molecular weight excluding hydrogens is 297 g/mol. The Kier molecular flexibility index (Phi) is 4.90. The molecule has 122 valence electrons. The van der Waals surface area contributed by atoms with E-state index in [1.807, 2.05) is 4.90 Å². The van der Waals surface area contributed by atoms with E-state index in [-0.39, 0.29) is 5.91 Å². The zero-order valence-corrected chi connectivity index (χ0v) is 12.4. The van der Waals surface area contributed by atoms with Crippen molar-refractivity contribution in [2.75, 3.05) is 37.6 Å². The largest absolute Gasteiger partial charge is 0.416 e. The van der Waals surface area contributed by atoms with Gasteiger partial charge in [0.2, 0.25) is 5.91 Å². The van der Waals surface area contributed by atoms with E-state index in [0.29, 0.717) is 50.7 Å². The average Bonchev–Trinajstić information content (AvgIpc) is 2.44. The highest BCUT2D eigenvalue weighted by Crippen LogP contribution is 2.31. The minimum atomic E-state index is -4.37. The Morgan fingerprint density at radius 2 is 1.91 bits per heavy atom. The first-order valence-corrected chi connectivity index (χ1v) is 7.07. The minimum Gasteiger partial charge on any atom is -0.370 e. The van der Waals surface area contributed by atoms with Gasteiger partial charge in [0.05, 0.1) is 5.56 Å². The van der Waals surface area contributed by atoms with Crippen LogP contribution in [0.5, 0.6) is 0 Å². The maximum Gasteiger partial charge on any atom is 0.416 e. The number of aryl methyl sites for hydroxylation is 1. The van der Waals surface area contributed by atoms with Crippen LogP contribution in [0.15, 0.2) is 12.1 Å². The van der Waals surface area contributed by atoms with Crippen LogP contribution in [0.4, 0.5) is 19.0 Å². The summed E-state index contributed by atoms with van der Waals surface area (Å²) in [7, 11) is 0. The van der Waals surface area contributed by atoms with Crippen molar-refractivity contribution < 1.29 is 18.0 Å². The maximum atomic E-state index is 12.9. The molecule has 1 aromatic heterocycles. The standard InChI is InChI=1S/C14H19F3N4O/c1-10-8-11(14(15,16)17)9-13(19-10)21-6-4-20(5-7-21)3-2-12(18)22/h8-9H,2-7H2,1H3,(H2,18,22). The van der Waals surface area contributed by atoms with E-state index in [4.69, 9.17) is 5.73 Å². The predicted molar refractivity (Wildman–Crippen MR) is 76.4 cm³/mol. The second kappa shape index (κ2) is 6.51. The van der Waals surface area contributed by atoms with Gasteiger partial charge in [0.1, 0.15) is 5.82 Å². The number of hydrogen-bond donors (Lipinski definition) is 1. The van der Waals surface area contributed by atoms with Gasteiger partial charge < -0.3 is 10.6 Å². The molecule has 0 aliphatic carbocycles. The van der Waals surface area contributed by atoms with E-state index >= 15 is 0 Å². The van der Waals surface area contributed by atoms with Crippen molar-refractivity contribution >= 4 is 11.7 Å². The molecule has 1 saturated heterocycles. The lowest BCUT2D eigenvalue weighted by molar-refractivity contribution is -0.137. The molecule has 2 heterocycles. The summed E-state index contributed by atoms with van der Waals surface area (Å²) in [6, 6.07) is 2.14. The molecule has 22 heavy (non-hydrogen) atoms. The lowest BCUT2D eigenvalue weighted by Crippen LogP contribution is -2.47. The van der Waals surface area contributed by atoms with Crippen molar-refractivity contribution in [3.63, 3.8) is 0 Å². The number of piperazine rings is 1. The van der Waals surface area contributed by atoms with Crippen LogP contribution >= 0.6 is 0 Å². The molecule has 1 amide bonds. The van der Waals surface area contributed by atoms with Crippen molar-refractivity contribution in [3.05, 3.63) is 23.4 Å². The second-order valence-electron chi connectivity index (χ2n) is 5.40. The first-order chi connectivity index (χ1) is 10.3. The number of primary amides is 1. The van der Waals surface area contributed by atoms with E-state index < -0.39 is 11.7 Å². The third kappa shape index (κ3) is 4.33. The van der Waals surface area contributed by atoms with Crippen LogP contribution in [0.1, 0.15) is 17.7 Å². The molecule has 0 spiro atoms. The Bertz CT molecular complexity index is 539. The fourth-order valence-corrected chi connectivity index (χ4v) is 2.45. The molecule has 0 aromatic carbocycles. The monoisotopic (exact) mass is 316 g/mol. The Morgan fingerprint density at radius 1 is 1.27 bits per heavy atom. The number of nitrogens with two attached hydrogens (primary N) is 1. The summed E-state index contributed by atoms with van der Waals surface area (Å²) < 4.78 is 38.6. The lowest BCUT2D eigenvalue weighted by atomic mass is 10.2. The zero-order chi connectivity index (χ0) is 16.3. The quantitative estimate of drug-likeness (QED) is 0.912. The molecule has 1 aliphatic heterocycles. The summed E-state index contributed by atoms with van der Waals surface area (Å²) in [5.41, 5.74) is 4.78. The number of alkyl halides is 3. The summed E-state index contributed by atoms with van der Waals surface area (Å²) in [5, 5.41) is 0. The fourth-order valence-electron chi connectivity index (χ4n) is 2.45. The summed E-state index contributed by atoms with van der Waals surface area (Å²) in [6.07, 6.45) is -4.08. The number of pyridine rings is 1.